The molecule has 1 amide bonds. The number of carbonyl (C=O) groups excluding carboxylic acids is 1. The molecule has 0 bridgehead atoms. The molecule has 1 heterocycles. The Hall–Kier alpha value is -1.54. The van der Waals surface area contributed by atoms with Crippen LogP contribution in [-0.4, -0.2) is 39.2 Å². The van der Waals surface area contributed by atoms with Gasteiger partial charge in [0.05, 0.1) is 11.3 Å². The molecule has 0 radical (unpaired) electrons. The molecule has 5 nitrogen and oxygen atoms in total. The molecular weight excluding hydrogens is 314 g/mol. The van der Waals surface area contributed by atoms with Crippen LogP contribution in [0.25, 0.3) is 0 Å². The lowest BCUT2D eigenvalue weighted by atomic mass is 10.1. The van der Waals surface area contributed by atoms with E-state index in [1.807, 2.05) is 0 Å². The van der Waals surface area contributed by atoms with Crippen LogP contribution in [0.1, 0.15) is 18.4 Å². The van der Waals surface area contributed by atoms with Gasteiger partial charge in [0.2, 0.25) is 15.7 Å². The van der Waals surface area contributed by atoms with E-state index in [4.69, 9.17) is 0 Å². The Morgan fingerprint density at radius 2 is 2.00 bits per heavy atom. The fourth-order valence-electron chi connectivity index (χ4n) is 2.34. The summed E-state index contributed by atoms with van der Waals surface area (Å²) in [6.45, 7) is 1.68. The second-order valence-electron chi connectivity index (χ2n) is 5.24. The summed E-state index contributed by atoms with van der Waals surface area (Å²) in [5.41, 5.74) is 0.578. The van der Waals surface area contributed by atoms with Crippen molar-refractivity contribution in [3.8, 4) is 0 Å². The van der Waals surface area contributed by atoms with Crippen LogP contribution in [0.15, 0.2) is 29.2 Å². The summed E-state index contributed by atoms with van der Waals surface area (Å²) in [5, 5.41) is 6.08. The highest BCUT2D eigenvalue weighted by Gasteiger charge is 2.26. The second kappa shape index (κ2) is 7.15. The smallest absolute Gasteiger partial charge is 0.341 e. The number of hydrogen-bond donors (Lipinski definition) is 2. The highest BCUT2D eigenvalue weighted by Crippen LogP contribution is 2.18. The van der Waals surface area contributed by atoms with Crippen molar-refractivity contribution in [3.63, 3.8) is 0 Å². The van der Waals surface area contributed by atoms with Gasteiger partial charge in [-0.3, -0.25) is 4.79 Å². The van der Waals surface area contributed by atoms with E-state index in [0.29, 0.717) is 5.56 Å². The van der Waals surface area contributed by atoms with Crippen molar-refractivity contribution in [3.05, 3.63) is 29.8 Å². The lowest BCUT2D eigenvalue weighted by Gasteiger charge is -2.23. The third-order valence-corrected chi connectivity index (χ3v) is 4.91. The quantitative estimate of drug-likeness (QED) is 0.846. The van der Waals surface area contributed by atoms with Crippen molar-refractivity contribution in [2.24, 2.45) is 0 Å². The Morgan fingerprint density at radius 3 is 2.55 bits per heavy atom. The zero-order chi connectivity index (χ0) is 16.2. The van der Waals surface area contributed by atoms with Gasteiger partial charge in [-0.2, -0.15) is 8.78 Å². The first-order chi connectivity index (χ1) is 10.4. The van der Waals surface area contributed by atoms with Crippen LogP contribution in [0, 0.1) is 0 Å². The van der Waals surface area contributed by atoms with Crippen LogP contribution < -0.4 is 10.6 Å². The van der Waals surface area contributed by atoms with Crippen LogP contribution >= 0.6 is 0 Å². The Balaban J connectivity index is 1.95. The van der Waals surface area contributed by atoms with Crippen LogP contribution in [0.2, 0.25) is 0 Å². The molecule has 122 valence electrons. The van der Waals surface area contributed by atoms with Gasteiger partial charge in [-0.15, -0.1) is 0 Å². The number of hydrogen-bond acceptors (Lipinski definition) is 4. The van der Waals surface area contributed by atoms with Crippen LogP contribution in [0.3, 0.4) is 0 Å². The minimum absolute atomic E-state index is 0.0888. The van der Waals surface area contributed by atoms with E-state index >= 15 is 0 Å². The van der Waals surface area contributed by atoms with Gasteiger partial charge in [0.25, 0.3) is 0 Å². The molecule has 1 aromatic carbocycles. The highest BCUT2D eigenvalue weighted by molar-refractivity contribution is 7.91. The average Bonchev–Trinajstić information content (AvgIpc) is 2.48. The first-order valence-electron chi connectivity index (χ1n) is 7.00. The van der Waals surface area contributed by atoms with Crippen molar-refractivity contribution in [2.75, 3.05) is 13.1 Å². The van der Waals surface area contributed by atoms with Crippen molar-refractivity contribution in [1.82, 2.24) is 10.6 Å². The first kappa shape index (κ1) is 16.8. The highest BCUT2D eigenvalue weighted by atomic mass is 32.2. The minimum atomic E-state index is -4.59. The SMILES string of the molecule is O=C(Cc1ccc(S(=O)(=O)C(F)F)cc1)N[C@H]1CCCNC1. The maximum atomic E-state index is 12.4. The molecule has 0 spiro atoms. The summed E-state index contributed by atoms with van der Waals surface area (Å²) in [6.07, 6.45) is 2.01. The van der Waals surface area contributed by atoms with E-state index in [9.17, 15) is 22.0 Å². The van der Waals surface area contributed by atoms with Crippen LogP contribution in [0.4, 0.5) is 8.78 Å². The predicted octanol–water partition coefficient (Wildman–Crippen LogP) is 1.09. The monoisotopic (exact) mass is 332 g/mol. The van der Waals surface area contributed by atoms with Crippen molar-refractivity contribution in [1.29, 1.82) is 0 Å². The number of sulfone groups is 1. The molecular formula is C14H18F2N2O3S. The number of alkyl halides is 2. The summed E-state index contributed by atoms with van der Waals surface area (Å²) in [6, 6.07) is 5.07. The molecule has 8 heteroatoms. The topological polar surface area (TPSA) is 75.3 Å². The van der Waals surface area contributed by atoms with Gasteiger partial charge >= 0.3 is 5.76 Å². The van der Waals surface area contributed by atoms with Gasteiger partial charge < -0.3 is 10.6 Å². The van der Waals surface area contributed by atoms with E-state index in [1.54, 1.807) is 0 Å². The predicted molar refractivity (Wildman–Crippen MR) is 77.4 cm³/mol. The number of carbonyl (C=O) groups is 1. The number of amides is 1. The number of rotatable bonds is 5. The minimum Gasteiger partial charge on any atom is -0.352 e. The normalized spacial score (nSPS) is 19.1. The Morgan fingerprint density at radius 1 is 1.32 bits per heavy atom. The van der Waals surface area contributed by atoms with Crippen LogP contribution in [0.5, 0.6) is 0 Å². The first-order valence-corrected chi connectivity index (χ1v) is 8.55. The molecule has 1 aromatic rings. The van der Waals surface area contributed by atoms with E-state index < -0.39 is 20.5 Å². The number of halogens is 2. The molecule has 0 saturated carbocycles. The van der Waals surface area contributed by atoms with Crippen molar-refractivity contribution >= 4 is 15.7 Å². The molecule has 2 rings (SSSR count). The zero-order valence-electron chi connectivity index (χ0n) is 11.9. The lowest BCUT2D eigenvalue weighted by molar-refractivity contribution is -0.121. The standard InChI is InChI=1S/C14H18F2N2O3S/c15-14(16)22(20,21)12-5-3-10(4-6-12)8-13(19)18-11-2-1-7-17-9-11/h3-6,11,14,17H,1-2,7-9H2,(H,18,19)/t11-/m0/s1. The molecule has 0 aromatic heterocycles. The van der Waals surface area contributed by atoms with Crippen molar-refractivity contribution < 1.29 is 22.0 Å². The third-order valence-electron chi connectivity index (χ3n) is 3.51. The molecule has 1 aliphatic heterocycles. The summed E-state index contributed by atoms with van der Waals surface area (Å²) in [4.78, 5) is 11.5. The van der Waals surface area contributed by atoms with Gasteiger partial charge in [-0.1, -0.05) is 12.1 Å². The maximum absolute atomic E-state index is 12.4. The van der Waals surface area contributed by atoms with E-state index in [2.05, 4.69) is 10.6 Å². The zero-order valence-corrected chi connectivity index (χ0v) is 12.7. The molecule has 0 unspecified atom stereocenters. The summed E-state index contributed by atoms with van der Waals surface area (Å²) >= 11 is 0. The number of nitrogens with one attached hydrogen (secondary N) is 2. The Bertz CT molecular complexity index is 611. The lowest BCUT2D eigenvalue weighted by Crippen LogP contribution is -2.46. The van der Waals surface area contributed by atoms with Gasteiger partial charge in [-0.05, 0) is 37.1 Å². The van der Waals surface area contributed by atoms with E-state index in [-0.39, 0.29) is 18.4 Å². The summed E-state index contributed by atoms with van der Waals surface area (Å²) in [7, 11) is -4.59. The second-order valence-corrected chi connectivity index (χ2v) is 7.15. The molecule has 2 N–H and O–H groups in total. The number of benzene rings is 1. The van der Waals surface area contributed by atoms with Gasteiger partial charge in [0.15, 0.2) is 0 Å². The number of piperidine rings is 1. The van der Waals surface area contributed by atoms with Crippen molar-refractivity contribution in [2.45, 2.75) is 36.0 Å². The van der Waals surface area contributed by atoms with Crippen LogP contribution in [-0.2, 0) is 21.1 Å². The Kier molecular flexibility index (Phi) is 5.47. The summed E-state index contributed by atoms with van der Waals surface area (Å²) < 4.78 is 47.4. The molecule has 1 atom stereocenters. The van der Waals surface area contributed by atoms with E-state index in [0.717, 1.165) is 38.1 Å². The molecule has 0 aliphatic carbocycles. The fourth-order valence-corrected chi connectivity index (χ4v) is 3.06. The Labute approximate surface area is 128 Å². The van der Waals surface area contributed by atoms with Gasteiger partial charge in [-0.25, -0.2) is 8.42 Å². The van der Waals surface area contributed by atoms with Gasteiger partial charge in [0, 0.05) is 12.6 Å². The van der Waals surface area contributed by atoms with Gasteiger partial charge in [0.1, 0.15) is 0 Å². The fraction of sp³-hybridized carbons (Fsp3) is 0.500. The molecule has 1 fully saturated rings. The molecule has 22 heavy (non-hydrogen) atoms. The largest absolute Gasteiger partial charge is 0.352 e. The molecule has 1 aliphatic rings. The molecule has 1 saturated heterocycles. The maximum Gasteiger partial charge on any atom is 0.341 e. The van der Waals surface area contributed by atoms with E-state index in [1.165, 1.54) is 12.1 Å². The third kappa shape index (κ3) is 4.23. The summed E-state index contributed by atoms with van der Waals surface area (Å²) in [5.74, 6) is -3.61. The average molecular weight is 332 g/mol.